The molecule has 0 saturated heterocycles. The van der Waals surface area contributed by atoms with Crippen LogP contribution in [0.3, 0.4) is 0 Å². The molecule has 0 radical (unpaired) electrons. The van der Waals surface area contributed by atoms with Crippen LogP contribution in [0.5, 0.6) is 0 Å². The molecule has 0 bridgehead atoms. The summed E-state index contributed by atoms with van der Waals surface area (Å²) in [5, 5.41) is 4.52. The minimum Gasteiger partial charge on any atom is -0.311 e. The number of fused-ring (bicyclic) bond motifs is 1. The van der Waals surface area contributed by atoms with Gasteiger partial charge in [0.25, 0.3) is 0 Å². The molecule has 100 valence electrons. The number of hydrogen-bond acceptors (Lipinski definition) is 4. The fourth-order valence-corrected chi connectivity index (χ4v) is 2.41. The number of likely N-dealkylation sites (N-methyl/N-ethyl adjacent to an activating group) is 1. The third-order valence-electron chi connectivity index (χ3n) is 3.47. The van der Waals surface area contributed by atoms with Crippen LogP contribution in [-0.4, -0.2) is 22.0 Å². The SMILES string of the molecule is CNC(Cc1ccnc2ccccc12)c1ccncn1. The van der Waals surface area contributed by atoms with Crippen molar-refractivity contribution >= 4 is 10.9 Å². The zero-order valence-corrected chi connectivity index (χ0v) is 11.3. The zero-order valence-electron chi connectivity index (χ0n) is 11.3. The molecule has 0 aliphatic rings. The maximum absolute atomic E-state index is 4.40. The predicted molar refractivity (Wildman–Crippen MR) is 79.3 cm³/mol. The molecule has 1 N–H and O–H groups in total. The Kier molecular flexibility index (Phi) is 3.65. The van der Waals surface area contributed by atoms with Gasteiger partial charge in [-0.15, -0.1) is 0 Å². The minimum absolute atomic E-state index is 0.170. The lowest BCUT2D eigenvalue weighted by Gasteiger charge is -2.16. The molecule has 2 aromatic heterocycles. The molecule has 2 heterocycles. The van der Waals surface area contributed by atoms with Crippen LogP contribution in [0.25, 0.3) is 10.9 Å². The lowest BCUT2D eigenvalue weighted by molar-refractivity contribution is 0.576. The summed E-state index contributed by atoms with van der Waals surface area (Å²) in [6, 6.07) is 12.4. The van der Waals surface area contributed by atoms with Crippen molar-refractivity contribution in [2.75, 3.05) is 7.05 Å². The second-order valence-electron chi connectivity index (χ2n) is 4.67. The van der Waals surface area contributed by atoms with Gasteiger partial charge in [-0.25, -0.2) is 9.97 Å². The van der Waals surface area contributed by atoms with Crippen molar-refractivity contribution in [1.82, 2.24) is 20.3 Å². The van der Waals surface area contributed by atoms with Gasteiger partial charge in [-0.1, -0.05) is 18.2 Å². The largest absolute Gasteiger partial charge is 0.311 e. The van der Waals surface area contributed by atoms with E-state index in [2.05, 4.69) is 32.4 Å². The monoisotopic (exact) mass is 264 g/mol. The van der Waals surface area contributed by atoms with E-state index in [0.29, 0.717) is 0 Å². The number of rotatable bonds is 4. The number of benzene rings is 1. The van der Waals surface area contributed by atoms with Crippen LogP contribution in [0, 0.1) is 0 Å². The van der Waals surface area contributed by atoms with Crippen molar-refractivity contribution < 1.29 is 0 Å². The van der Waals surface area contributed by atoms with E-state index in [1.54, 1.807) is 12.5 Å². The van der Waals surface area contributed by atoms with Gasteiger partial charge in [-0.05, 0) is 37.2 Å². The van der Waals surface area contributed by atoms with Crippen molar-refractivity contribution in [3.05, 3.63) is 66.4 Å². The maximum Gasteiger partial charge on any atom is 0.115 e. The van der Waals surface area contributed by atoms with Gasteiger partial charge in [0.05, 0.1) is 17.3 Å². The number of aromatic nitrogens is 3. The molecule has 0 saturated carbocycles. The third-order valence-corrected chi connectivity index (χ3v) is 3.47. The Balaban J connectivity index is 1.96. The minimum atomic E-state index is 0.170. The van der Waals surface area contributed by atoms with E-state index in [1.807, 2.05) is 37.5 Å². The third kappa shape index (κ3) is 2.51. The van der Waals surface area contributed by atoms with Crippen LogP contribution in [0.4, 0.5) is 0 Å². The quantitative estimate of drug-likeness (QED) is 0.786. The molecular formula is C16H16N4. The standard InChI is InChI=1S/C16H16N4/c1-17-16(15-7-8-18-11-20-15)10-12-6-9-19-14-5-3-2-4-13(12)14/h2-9,11,16-17H,10H2,1H3. The number of hydrogen-bond donors (Lipinski definition) is 1. The first-order chi connectivity index (χ1) is 9.88. The summed E-state index contributed by atoms with van der Waals surface area (Å²) in [6.07, 6.45) is 6.10. The topological polar surface area (TPSA) is 50.7 Å². The zero-order chi connectivity index (χ0) is 13.8. The predicted octanol–water partition coefficient (Wildman–Crippen LogP) is 2.53. The van der Waals surface area contributed by atoms with Crippen LogP contribution in [0.15, 0.2) is 55.1 Å². The van der Waals surface area contributed by atoms with E-state index in [0.717, 1.165) is 17.6 Å². The van der Waals surface area contributed by atoms with Gasteiger partial charge in [0, 0.05) is 17.8 Å². The summed E-state index contributed by atoms with van der Waals surface area (Å²) >= 11 is 0. The summed E-state index contributed by atoms with van der Waals surface area (Å²) in [5.74, 6) is 0. The summed E-state index contributed by atoms with van der Waals surface area (Å²) in [4.78, 5) is 12.7. The molecule has 0 spiro atoms. The van der Waals surface area contributed by atoms with Crippen molar-refractivity contribution in [2.24, 2.45) is 0 Å². The van der Waals surface area contributed by atoms with Crippen LogP contribution in [-0.2, 0) is 6.42 Å². The molecule has 20 heavy (non-hydrogen) atoms. The van der Waals surface area contributed by atoms with E-state index in [-0.39, 0.29) is 6.04 Å². The van der Waals surface area contributed by atoms with Gasteiger partial charge in [-0.2, -0.15) is 0 Å². The van der Waals surface area contributed by atoms with E-state index in [4.69, 9.17) is 0 Å². The lowest BCUT2D eigenvalue weighted by atomic mass is 10.00. The van der Waals surface area contributed by atoms with Crippen LogP contribution in [0.2, 0.25) is 0 Å². The first kappa shape index (κ1) is 12.7. The van der Waals surface area contributed by atoms with Gasteiger partial charge in [0.1, 0.15) is 6.33 Å². The molecule has 4 heteroatoms. The average molecular weight is 264 g/mol. The van der Waals surface area contributed by atoms with Crippen LogP contribution >= 0.6 is 0 Å². The molecule has 1 unspecified atom stereocenters. The number of nitrogens with zero attached hydrogens (tertiary/aromatic N) is 3. The molecule has 0 aliphatic heterocycles. The number of para-hydroxylation sites is 1. The van der Waals surface area contributed by atoms with Gasteiger partial charge in [0.15, 0.2) is 0 Å². The van der Waals surface area contributed by atoms with Gasteiger partial charge in [0.2, 0.25) is 0 Å². The molecule has 0 aliphatic carbocycles. The molecule has 4 nitrogen and oxygen atoms in total. The molecule has 3 aromatic rings. The van der Waals surface area contributed by atoms with Gasteiger partial charge >= 0.3 is 0 Å². The highest BCUT2D eigenvalue weighted by Crippen LogP contribution is 2.22. The summed E-state index contributed by atoms with van der Waals surface area (Å²) in [5.41, 5.74) is 3.31. The highest BCUT2D eigenvalue weighted by Gasteiger charge is 2.13. The first-order valence-corrected chi connectivity index (χ1v) is 6.64. The number of nitrogens with one attached hydrogen (secondary N) is 1. The Bertz CT molecular complexity index is 692. The summed E-state index contributed by atoms with van der Waals surface area (Å²) in [6.45, 7) is 0. The molecule has 0 amide bonds. The Morgan fingerprint density at radius 1 is 1.05 bits per heavy atom. The van der Waals surface area contributed by atoms with Crippen molar-refractivity contribution in [3.8, 4) is 0 Å². The fourth-order valence-electron chi connectivity index (χ4n) is 2.41. The molecule has 0 fully saturated rings. The maximum atomic E-state index is 4.40. The Hall–Kier alpha value is -2.33. The lowest BCUT2D eigenvalue weighted by Crippen LogP contribution is -2.20. The van der Waals surface area contributed by atoms with E-state index < -0.39 is 0 Å². The normalized spacial score (nSPS) is 12.4. The van der Waals surface area contributed by atoms with E-state index in [9.17, 15) is 0 Å². The van der Waals surface area contributed by atoms with Crippen LogP contribution in [0.1, 0.15) is 17.3 Å². The first-order valence-electron chi connectivity index (χ1n) is 6.64. The smallest absolute Gasteiger partial charge is 0.115 e. The molecular weight excluding hydrogens is 248 g/mol. The molecule has 1 aromatic carbocycles. The second kappa shape index (κ2) is 5.75. The van der Waals surface area contributed by atoms with Crippen molar-refractivity contribution in [2.45, 2.75) is 12.5 Å². The highest BCUT2D eigenvalue weighted by atomic mass is 14.9. The van der Waals surface area contributed by atoms with Crippen molar-refractivity contribution in [1.29, 1.82) is 0 Å². The number of pyridine rings is 1. The van der Waals surface area contributed by atoms with Crippen molar-refractivity contribution in [3.63, 3.8) is 0 Å². The highest BCUT2D eigenvalue weighted by molar-refractivity contribution is 5.81. The van der Waals surface area contributed by atoms with Gasteiger partial charge in [-0.3, -0.25) is 4.98 Å². The Labute approximate surface area is 117 Å². The summed E-state index contributed by atoms with van der Waals surface area (Å²) in [7, 11) is 1.95. The van der Waals surface area contributed by atoms with E-state index in [1.165, 1.54) is 10.9 Å². The van der Waals surface area contributed by atoms with E-state index >= 15 is 0 Å². The molecule has 3 rings (SSSR count). The Morgan fingerprint density at radius 2 is 1.95 bits per heavy atom. The average Bonchev–Trinajstić information content (AvgIpc) is 2.53. The summed E-state index contributed by atoms with van der Waals surface area (Å²) < 4.78 is 0. The fraction of sp³-hybridized carbons (Fsp3) is 0.188. The van der Waals surface area contributed by atoms with Gasteiger partial charge < -0.3 is 5.32 Å². The Morgan fingerprint density at radius 3 is 2.75 bits per heavy atom. The van der Waals surface area contributed by atoms with Crippen LogP contribution < -0.4 is 5.32 Å². The second-order valence-corrected chi connectivity index (χ2v) is 4.67. The molecule has 1 atom stereocenters.